The summed E-state index contributed by atoms with van der Waals surface area (Å²) in [4.78, 5) is 14.3. The first-order valence-corrected chi connectivity index (χ1v) is 8.62. The predicted octanol–water partition coefficient (Wildman–Crippen LogP) is 2.57. The number of halogens is 1. The van der Waals surface area contributed by atoms with Crippen molar-refractivity contribution in [3.05, 3.63) is 35.6 Å². The SMILES string of the molecule is CC1CNCCC1CNC(=O)N1CCC(c2ccc(F)cc2)C1. The highest BCUT2D eigenvalue weighted by molar-refractivity contribution is 5.74. The smallest absolute Gasteiger partial charge is 0.317 e. The van der Waals surface area contributed by atoms with Crippen LogP contribution in [0.4, 0.5) is 9.18 Å². The average molecular weight is 319 g/mol. The van der Waals surface area contributed by atoms with E-state index in [2.05, 4.69) is 17.6 Å². The maximum Gasteiger partial charge on any atom is 0.317 e. The second kappa shape index (κ2) is 7.30. The van der Waals surface area contributed by atoms with Crippen LogP contribution in [0.2, 0.25) is 0 Å². The van der Waals surface area contributed by atoms with Gasteiger partial charge in [-0.25, -0.2) is 9.18 Å². The molecule has 0 aliphatic carbocycles. The molecule has 5 heteroatoms. The summed E-state index contributed by atoms with van der Waals surface area (Å²) in [5, 5.41) is 6.49. The second-order valence-electron chi connectivity index (χ2n) is 6.90. The average Bonchev–Trinajstić information content (AvgIpc) is 3.04. The number of carbonyl (C=O) groups is 1. The molecule has 0 spiro atoms. The van der Waals surface area contributed by atoms with Crippen LogP contribution in [0, 0.1) is 17.7 Å². The van der Waals surface area contributed by atoms with E-state index in [9.17, 15) is 9.18 Å². The molecule has 3 unspecified atom stereocenters. The third-order valence-electron chi connectivity index (χ3n) is 5.30. The van der Waals surface area contributed by atoms with Gasteiger partial charge in [-0.15, -0.1) is 0 Å². The third kappa shape index (κ3) is 4.02. The molecule has 2 aliphatic heterocycles. The van der Waals surface area contributed by atoms with Crippen molar-refractivity contribution in [3.63, 3.8) is 0 Å². The lowest BCUT2D eigenvalue weighted by molar-refractivity contribution is 0.199. The van der Waals surface area contributed by atoms with Crippen LogP contribution in [0.25, 0.3) is 0 Å². The molecular weight excluding hydrogens is 293 g/mol. The van der Waals surface area contributed by atoms with Crippen molar-refractivity contribution in [1.29, 1.82) is 0 Å². The van der Waals surface area contributed by atoms with Gasteiger partial charge in [0, 0.05) is 25.6 Å². The van der Waals surface area contributed by atoms with Crippen molar-refractivity contribution in [2.24, 2.45) is 11.8 Å². The molecule has 2 fully saturated rings. The molecule has 2 amide bonds. The fraction of sp³-hybridized carbons (Fsp3) is 0.611. The molecule has 3 atom stereocenters. The Labute approximate surface area is 137 Å². The normalized spacial score (nSPS) is 27.9. The minimum absolute atomic E-state index is 0.0420. The molecule has 1 aromatic carbocycles. The summed E-state index contributed by atoms with van der Waals surface area (Å²) in [5.74, 6) is 1.28. The molecule has 23 heavy (non-hydrogen) atoms. The maximum absolute atomic E-state index is 13.0. The van der Waals surface area contributed by atoms with Gasteiger partial charge in [0.15, 0.2) is 0 Å². The van der Waals surface area contributed by atoms with Gasteiger partial charge in [0.1, 0.15) is 5.82 Å². The topological polar surface area (TPSA) is 44.4 Å². The first-order valence-electron chi connectivity index (χ1n) is 8.62. The molecule has 4 nitrogen and oxygen atoms in total. The number of nitrogens with one attached hydrogen (secondary N) is 2. The molecule has 2 N–H and O–H groups in total. The number of urea groups is 1. The van der Waals surface area contributed by atoms with E-state index in [-0.39, 0.29) is 11.8 Å². The van der Waals surface area contributed by atoms with Crippen LogP contribution in [0.5, 0.6) is 0 Å². The Balaban J connectivity index is 1.48. The Hall–Kier alpha value is -1.62. The lowest BCUT2D eigenvalue weighted by atomic mass is 9.88. The number of benzene rings is 1. The first-order chi connectivity index (χ1) is 11.1. The van der Waals surface area contributed by atoms with Crippen molar-refractivity contribution in [3.8, 4) is 0 Å². The Kier molecular flexibility index (Phi) is 5.16. The van der Waals surface area contributed by atoms with Crippen molar-refractivity contribution in [2.45, 2.75) is 25.7 Å². The standard InChI is InChI=1S/C18H26FN3O/c1-13-10-20-8-6-15(13)11-21-18(23)22-9-7-16(12-22)14-2-4-17(19)5-3-14/h2-5,13,15-16,20H,6-12H2,1H3,(H,21,23). The van der Waals surface area contributed by atoms with E-state index in [1.54, 1.807) is 0 Å². The van der Waals surface area contributed by atoms with Crippen molar-refractivity contribution in [1.82, 2.24) is 15.5 Å². The van der Waals surface area contributed by atoms with Gasteiger partial charge in [-0.05, 0) is 55.5 Å². The number of piperidine rings is 1. The molecule has 0 saturated carbocycles. The summed E-state index contributed by atoms with van der Waals surface area (Å²) in [6, 6.07) is 6.70. The van der Waals surface area contributed by atoms with Gasteiger partial charge in [-0.3, -0.25) is 0 Å². The van der Waals surface area contributed by atoms with Crippen LogP contribution in [-0.4, -0.2) is 43.7 Å². The van der Waals surface area contributed by atoms with Gasteiger partial charge in [0.05, 0.1) is 0 Å². The van der Waals surface area contributed by atoms with Gasteiger partial charge in [-0.2, -0.15) is 0 Å². The number of carbonyl (C=O) groups excluding carboxylic acids is 1. The molecule has 126 valence electrons. The maximum atomic E-state index is 13.0. The van der Waals surface area contributed by atoms with E-state index in [1.807, 2.05) is 17.0 Å². The zero-order valence-electron chi connectivity index (χ0n) is 13.7. The van der Waals surface area contributed by atoms with Crippen LogP contribution in [0.3, 0.4) is 0 Å². The molecule has 0 radical (unpaired) electrons. The third-order valence-corrected chi connectivity index (χ3v) is 5.30. The summed E-state index contributed by atoms with van der Waals surface area (Å²) < 4.78 is 13.0. The highest BCUT2D eigenvalue weighted by Gasteiger charge is 2.28. The van der Waals surface area contributed by atoms with Crippen LogP contribution in [0.15, 0.2) is 24.3 Å². The lowest BCUT2D eigenvalue weighted by Crippen LogP contribution is -2.44. The zero-order chi connectivity index (χ0) is 16.2. The van der Waals surface area contributed by atoms with Gasteiger partial charge in [-0.1, -0.05) is 19.1 Å². The summed E-state index contributed by atoms with van der Waals surface area (Å²) in [5.41, 5.74) is 1.12. The Morgan fingerprint density at radius 2 is 2.13 bits per heavy atom. The fourth-order valence-electron chi connectivity index (χ4n) is 3.65. The number of amides is 2. The lowest BCUT2D eigenvalue weighted by Gasteiger charge is -2.30. The highest BCUT2D eigenvalue weighted by atomic mass is 19.1. The number of rotatable bonds is 3. The van der Waals surface area contributed by atoms with Gasteiger partial charge >= 0.3 is 6.03 Å². The van der Waals surface area contributed by atoms with E-state index in [1.165, 1.54) is 12.1 Å². The van der Waals surface area contributed by atoms with Crippen LogP contribution >= 0.6 is 0 Å². The van der Waals surface area contributed by atoms with Gasteiger partial charge < -0.3 is 15.5 Å². The number of likely N-dealkylation sites (tertiary alicyclic amines) is 1. The predicted molar refractivity (Wildman–Crippen MR) is 88.9 cm³/mol. The zero-order valence-corrected chi connectivity index (χ0v) is 13.7. The van der Waals surface area contributed by atoms with Crippen LogP contribution in [0.1, 0.15) is 31.2 Å². The molecule has 1 aromatic rings. The van der Waals surface area contributed by atoms with Gasteiger partial charge in [0.2, 0.25) is 0 Å². The minimum atomic E-state index is -0.211. The van der Waals surface area contributed by atoms with E-state index in [0.29, 0.717) is 17.8 Å². The molecule has 0 bridgehead atoms. The van der Waals surface area contributed by atoms with Crippen molar-refractivity contribution >= 4 is 6.03 Å². The van der Waals surface area contributed by atoms with Crippen molar-refractivity contribution in [2.75, 3.05) is 32.7 Å². The van der Waals surface area contributed by atoms with Crippen LogP contribution in [-0.2, 0) is 0 Å². The summed E-state index contributed by atoms with van der Waals surface area (Å²) >= 11 is 0. The Morgan fingerprint density at radius 1 is 1.35 bits per heavy atom. The van der Waals surface area contributed by atoms with E-state index in [0.717, 1.165) is 51.1 Å². The summed E-state index contributed by atoms with van der Waals surface area (Å²) in [6.45, 7) is 6.58. The minimum Gasteiger partial charge on any atom is -0.338 e. The van der Waals surface area contributed by atoms with Crippen LogP contribution < -0.4 is 10.6 Å². The molecule has 2 saturated heterocycles. The summed E-state index contributed by atoms with van der Waals surface area (Å²) in [6.07, 6.45) is 2.07. The first kappa shape index (κ1) is 16.2. The molecule has 3 rings (SSSR count). The molecule has 0 aromatic heterocycles. The second-order valence-corrected chi connectivity index (χ2v) is 6.90. The Bertz CT molecular complexity index is 534. The van der Waals surface area contributed by atoms with E-state index >= 15 is 0 Å². The number of nitrogens with zero attached hydrogens (tertiary/aromatic N) is 1. The highest BCUT2D eigenvalue weighted by Crippen LogP contribution is 2.27. The molecule has 2 heterocycles. The quantitative estimate of drug-likeness (QED) is 0.899. The van der Waals surface area contributed by atoms with Crippen molar-refractivity contribution < 1.29 is 9.18 Å². The largest absolute Gasteiger partial charge is 0.338 e. The monoisotopic (exact) mass is 319 g/mol. The fourth-order valence-corrected chi connectivity index (χ4v) is 3.65. The van der Waals surface area contributed by atoms with E-state index < -0.39 is 0 Å². The van der Waals surface area contributed by atoms with E-state index in [4.69, 9.17) is 0 Å². The van der Waals surface area contributed by atoms with Gasteiger partial charge in [0.25, 0.3) is 0 Å². The summed E-state index contributed by atoms with van der Waals surface area (Å²) in [7, 11) is 0. The molecule has 2 aliphatic rings. The number of hydrogen-bond donors (Lipinski definition) is 2. The molecular formula is C18H26FN3O. The Morgan fingerprint density at radius 3 is 2.87 bits per heavy atom. The number of hydrogen-bond acceptors (Lipinski definition) is 2.